The van der Waals surface area contributed by atoms with Gasteiger partial charge in [0.15, 0.2) is 0 Å². The van der Waals surface area contributed by atoms with Crippen LogP contribution >= 0.6 is 0 Å². The van der Waals surface area contributed by atoms with E-state index < -0.39 is 96.3 Å². The average Bonchev–Trinajstić information content (AvgIpc) is 1.62. The van der Waals surface area contributed by atoms with Crippen molar-refractivity contribution in [3.05, 3.63) is 41.2 Å². The number of amides is 10. The van der Waals surface area contributed by atoms with E-state index in [1.54, 1.807) is 26.0 Å². The van der Waals surface area contributed by atoms with Gasteiger partial charge in [-0.15, -0.1) is 5.10 Å². The Morgan fingerprint density at radius 2 is 1.22 bits per heavy atom. The van der Waals surface area contributed by atoms with E-state index in [2.05, 4.69) is 72.0 Å². The third-order valence-corrected chi connectivity index (χ3v) is 15.0. The zero-order valence-corrected chi connectivity index (χ0v) is 54.2. The number of rotatable bonds is 42. The molecule has 30 heteroatoms. The number of carboxylic acid groups (broad SMARTS) is 1. The SMILES string of the molecule is CC(C)C[C@H](NC(=O)[C@H](C)NC(=O)OCc1ccc(NC(=O)[C@H](CCCNC(N)=O)NC(=O)[C@@H](NC(=O)[C@@H](CCC(=O)O)NC(=O)CCOCCOCCOCCOCCNC(=O)OCC2C3CCc4nnn(C(C)C)c4CCC32)C(C)C)cc1)C(=O)NC(C)C. The van der Waals surface area contributed by atoms with Crippen LogP contribution in [0, 0.1) is 29.6 Å². The molecule has 0 spiro atoms. The summed E-state index contributed by atoms with van der Waals surface area (Å²) in [6, 6.07) is -0.131. The lowest BCUT2D eigenvalue weighted by Crippen LogP contribution is -2.58. The molecule has 12 N–H and O–H groups in total. The predicted molar refractivity (Wildman–Crippen MR) is 332 cm³/mol. The van der Waals surface area contributed by atoms with Gasteiger partial charge in [0.05, 0.1) is 70.8 Å². The van der Waals surface area contributed by atoms with Crippen LogP contribution in [0.5, 0.6) is 0 Å². The Morgan fingerprint density at radius 1 is 0.615 bits per heavy atom. The molecule has 0 bridgehead atoms. The smallest absolute Gasteiger partial charge is 0.408 e. The number of alkyl carbamates (subject to hydrolysis) is 2. The molecule has 4 rings (SSSR count). The number of anilines is 1. The second-order valence-corrected chi connectivity index (χ2v) is 24.1. The molecule has 10 amide bonds. The number of nitrogens with one attached hydrogen (secondary N) is 9. The minimum absolute atomic E-state index is 0.00573. The summed E-state index contributed by atoms with van der Waals surface area (Å²) in [7, 11) is 0. The van der Waals surface area contributed by atoms with Crippen LogP contribution in [0.2, 0.25) is 0 Å². The van der Waals surface area contributed by atoms with Crippen molar-refractivity contribution in [3.63, 3.8) is 0 Å². The molecule has 1 aromatic carbocycles. The monoisotopic (exact) mass is 1290 g/mol. The van der Waals surface area contributed by atoms with Gasteiger partial charge < -0.3 is 87.1 Å². The number of nitrogens with two attached hydrogens (primary N) is 1. The summed E-state index contributed by atoms with van der Waals surface area (Å²) in [5.41, 5.74) is 8.35. The van der Waals surface area contributed by atoms with Crippen LogP contribution in [0.3, 0.4) is 0 Å². The van der Waals surface area contributed by atoms with E-state index >= 15 is 0 Å². The molecule has 91 heavy (non-hydrogen) atoms. The van der Waals surface area contributed by atoms with E-state index in [1.807, 2.05) is 32.4 Å². The molecule has 1 aromatic heterocycles. The molecule has 0 saturated heterocycles. The molecule has 30 nitrogen and oxygen atoms in total. The maximum Gasteiger partial charge on any atom is 0.408 e. The zero-order valence-electron chi connectivity index (χ0n) is 54.2. The predicted octanol–water partition coefficient (Wildman–Crippen LogP) is 2.52. The molecular formula is C61H99N13O17. The highest BCUT2D eigenvalue weighted by Crippen LogP contribution is 2.53. The largest absolute Gasteiger partial charge is 0.481 e. The van der Waals surface area contributed by atoms with Crippen LogP contribution in [-0.4, -0.2) is 189 Å². The van der Waals surface area contributed by atoms with Gasteiger partial charge in [-0.3, -0.25) is 33.6 Å². The van der Waals surface area contributed by atoms with Gasteiger partial charge in [0.25, 0.3) is 0 Å². The van der Waals surface area contributed by atoms with Crippen molar-refractivity contribution in [1.82, 2.24) is 57.5 Å². The number of aliphatic carboxylic acids is 1. The van der Waals surface area contributed by atoms with E-state index in [0.29, 0.717) is 75.0 Å². The Labute approximate surface area is 532 Å². The minimum Gasteiger partial charge on any atom is -0.481 e. The van der Waals surface area contributed by atoms with Crippen LogP contribution in [-0.2, 0) is 81.4 Å². The van der Waals surface area contributed by atoms with Gasteiger partial charge in [0, 0.05) is 43.7 Å². The maximum absolute atomic E-state index is 13.9. The first-order chi connectivity index (χ1) is 43.3. The fraction of sp³-hybridized carbons (Fsp3) is 0.705. The number of urea groups is 1. The second-order valence-electron chi connectivity index (χ2n) is 24.1. The number of nitrogens with zero attached hydrogens (tertiary/aromatic N) is 3. The van der Waals surface area contributed by atoms with Gasteiger partial charge >= 0.3 is 24.2 Å². The lowest BCUT2D eigenvalue weighted by atomic mass is 10.0. The van der Waals surface area contributed by atoms with Crippen LogP contribution in [0.4, 0.5) is 20.1 Å². The number of hydrogen-bond acceptors (Lipinski definition) is 18. The number of carbonyl (C=O) groups excluding carboxylic acids is 9. The number of primary amides is 1. The number of benzene rings is 1. The molecule has 1 fully saturated rings. The molecule has 510 valence electrons. The quantitative estimate of drug-likeness (QED) is 0.0425. The fourth-order valence-electron chi connectivity index (χ4n) is 10.2. The van der Waals surface area contributed by atoms with Gasteiger partial charge in [0.1, 0.15) is 36.8 Å². The summed E-state index contributed by atoms with van der Waals surface area (Å²) in [6.07, 6.45) is 2.16. The molecule has 1 saturated carbocycles. The number of carboxylic acids is 1. The van der Waals surface area contributed by atoms with E-state index in [4.69, 9.17) is 34.2 Å². The van der Waals surface area contributed by atoms with E-state index in [-0.39, 0.29) is 89.2 Å². The maximum atomic E-state index is 13.9. The van der Waals surface area contributed by atoms with Gasteiger partial charge in [-0.2, -0.15) is 0 Å². The topological polar surface area (TPSA) is 411 Å². The summed E-state index contributed by atoms with van der Waals surface area (Å²) in [6.45, 7) is 18.7. The van der Waals surface area contributed by atoms with Gasteiger partial charge in [-0.05, 0) is 133 Å². The highest BCUT2D eigenvalue weighted by atomic mass is 16.6. The first-order valence-electron chi connectivity index (χ1n) is 31.6. The van der Waals surface area contributed by atoms with Crippen molar-refractivity contribution in [1.29, 1.82) is 0 Å². The van der Waals surface area contributed by atoms with Gasteiger partial charge in [-0.1, -0.05) is 45.0 Å². The first kappa shape index (κ1) is 75.8. The highest BCUT2D eigenvalue weighted by molar-refractivity contribution is 5.99. The summed E-state index contributed by atoms with van der Waals surface area (Å²) in [4.78, 5) is 128. The summed E-state index contributed by atoms with van der Waals surface area (Å²) in [5.74, 6) is -4.02. The number of carbonyl (C=O) groups is 10. The Morgan fingerprint density at radius 3 is 1.82 bits per heavy atom. The zero-order chi connectivity index (χ0) is 67.0. The molecule has 0 aliphatic heterocycles. The first-order valence-corrected chi connectivity index (χ1v) is 31.6. The van der Waals surface area contributed by atoms with Crippen molar-refractivity contribution in [3.8, 4) is 0 Å². The van der Waals surface area contributed by atoms with Gasteiger partial charge in [-0.25, -0.2) is 19.1 Å². The molecule has 2 aromatic rings. The molecule has 2 aliphatic carbocycles. The fourth-order valence-corrected chi connectivity index (χ4v) is 10.2. The molecular weight excluding hydrogens is 1190 g/mol. The van der Waals surface area contributed by atoms with Crippen LogP contribution in [0.1, 0.15) is 137 Å². The Bertz CT molecular complexity index is 2660. The Hall–Kier alpha value is -7.70. The van der Waals surface area contributed by atoms with Crippen molar-refractivity contribution < 1.29 is 81.5 Å². The molecule has 2 aliphatic rings. The Kier molecular flexibility index (Phi) is 33.5. The average molecular weight is 1290 g/mol. The molecule has 1 heterocycles. The number of ether oxygens (including phenoxy) is 6. The van der Waals surface area contributed by atoms with Crippen molar-refractivity contribution in [2.75, 3.05) is 77.9 Å². The third kappa shape index (κ3) is 29.0. The number of aromatic nitrogens is 3. The summed E-state index contributed by atoms with van der Waals surface area (Å²) in [5, 5.41) is 41.8. The second kappa shape index (κ2) is 40.2. The van der Waals surface area contributed by atoms with Crippen molar-refractivity contribution in [2.24, 2.45) is 35.3 Å². The van der Waals surface area contributed by atoms with Gasteiger partial charge in [0.2, 0.25) is 35.4 Å². The van der Waals surface area contributed by atoms with E-state index in [0.717, 1.165) is 31.4 Å². The molecule has 0 radical (unpaired) electrons. The normalized spacial score (nSPS) is 16.7. The standard InChI is InChI=1S/C61H99N13O17/c1-36(2)33-49(57(81)65-38(5)6)70-54(78)40(9)66-61(85)90-34-41-12-14-42(15-13-41)67-55(79)47(11-10-23-63-59(62)83)69-58(82)53(37(3)4)71-56(80)48(19-21-52(76)77)68-51(75)22-25-86-27-29-88-31-32-89-30-28-87-26-24-64-60(84)91-35-45-43-16-18-46-50(20-17-44(43)45)74(39(7)8)73-72-46/h12-15,36-40,43-45,47-49,53H,10-11,16-35H2,1-9H3,(H,64,84)(H,65,81)(H,66,85)(H,67,79)(H,68,75)(H,69,82)(H,70,78)(H,71,80)(H,76,77)(H3,62,63,83)/t40-,43?,44?,45?,47-,48+,49-,53-/m0/s1. The highest BCUT2D eigenvalue weighted by Gasteiger charge is 2.50. The molecule has 8 atom stereocenters. The number of fused-ring (bicyclic) bond motifs is 2. The lowest BCUT2D eigenvalue weighted by Gasteiger charge is -2.27. The van der Waals surface area contributed by atoms with E-state index in [1.165, 1.54) is 24.8 Å². The van der Waals surface area contributed by atoms with Crippen molar-refractivity contribution in [2.45, 2.75) is 175 Å². The summed E-state index contributed by atoms with van der Waals surface area (Å²) >= 11 is 0. The van der Waals surface area contributed by atoms with Crippen LogP contribution in [0.25, 0.3) is 0 Å². The van der Waals surface area contributed by atoms with Crippen LogP contribution < -0.4 is 53.6 Å². The third-order valence-electron chi connectivity index (χ3n) is 15.0. The number of hydrogen-bond donors (Lipinski definition) is 11. The molecule has 3 unspecified atom stereocenters. The summed E-state index contributed by atoms with van der Waals surface area (Å²) < 4.78 is 35.0. The Balaban J connectivity index is 1.12. The lowest BCUT2D eigenvalue weighted by molar-refractivity contribution is -0.138. The van der Waals surface area contributed by atoms with Crippen LogP contribution in [0.15, 0.2) is 24.3 Å². The number of aryl methyl sites for hydroxylation is 1. The van der Waals surface area contributed by atoms with Crippen molar-refractivity contribution >= 4 is 65.3 Å². The van der Waals surface area contributed by atoms with E-state index in [9.17, 15) is 53.1 Å². The minimum atomic E-state index is -1.36.